The Morgan fingerprint density at radius 1 is 1.14 bits per heavy atom. The van der Waals surface area contributed by atoms with Crippen LogP contribution in [0.1, 0.15) is 20.7 Å². The average Bonchev–Trinajstić information content (AvgIpc) is 2.53. The van der Waals surface area contributed by atoms with Crippen LogP contribution in [0, 0.1) is 10.1 Å². The number of benzene rings is 2. The zero-order chi connectivity index (χ0) is 16.1. The predicted molar refractivity (Wildman–Crippen MR) is 79.3 cm³/mol. The van der Waals surface area contributed by atoms with Crippen LogP contribution in [0.3, 0.4) is 0 Å². The largest absolute Gasteiger partial charge is 0.477 e. The van der Waals surface area contributed by atoms with Gasteiger partial charge in [0.05, 0.1) is 11.5 Å². The molecule has 0 radical (unpaired) electrons. The molecule has 7 nitrogen and oxygen atoms in total. The van der Waals surface area contributed by atoms with Crippen molar-refractivity contribution in [1.29, 1.82) is 0 Å². The smallest absolute Gasteiger partial charge is 0.342 e. The molecular formula is C15H12N2O5. The lowest BCUT2D eigenvalue weighted by Gasteiger charge is -2.07. The fraction of sp³-hybridized carbons (Fsp3) is 0.0667. The minimum absolute atomic E-state index is 0.0408. The Hall–Kier alpha value is -3.22. The number of carbonyl (C=O) groups is 2. The number of Topliss-reactive ketones (excluding diaryl/α,β-unsaturated/α-hetero) is 1. The van der Waals surface area contributed by atoms with Gasteiger partial charge in [0, 0.05) is 17.3 Å². The van der Waals surface area contributed by atoms with Crippen LogP contribution >= 0.6 is 0 Å². The summed E-state index contributed by atoms with van der Waals surface area (Å²) >= 11 is 0. The Labute approximate surface area is 125 Å². The van der Waals surface area contributed by atoms with E-state index in [9.17, 15) is 19.7 Å². The van der Waals surface area contributed by atoms with E-state index in [0.717, 1.165) is 12.1 Å². The van der Waals surface area contributed by atoms with E-state index in [1.165, 1.54) is 6.07 Å². The number of hydrogen-bond donors (Lipinski definition) is 2. The zero-order valence-corrected chi connectivity index (χ0v) is 11.4. The molecule has 0 fully saturated rings. The number of carboxylic acid groups (broad SMARTS) is 1. The molecule has 0 aromatic heterocycles. The Balaban J connectivity index is 2.14. The molecule has 0 unspecified atom stereocenters. The van der Waals surface area contributed by atoms with Crippen LogP contribution in [0.4, 0.5) is 11.4 Å². The summed E-state index contributed by atoms with van der Waals surface area (Å²) in [6.07, 6.45) is 0. The van der Waals surface area contributed by atoms with E-state index in [1.54, 1.807) is 30.3 Å². The van der Waals surface area contributed by atoms with Crippen LogP contribution in [-0.4, -0.2) is 28.3 Å². The number of aromatic carboxylic acids is 1. The van der Waals surface area contributed by atoms with Crippen molar-refractivity contribution in [1.82, 2.24) is 0 Å². The number of rotatable bonds is 6. The lowest BCUT2D eigenvalue weighted by atomic mass is 10.1. The summed E-state index contributed by atoms with van der Waals surface area (Å²) in [6, 6.07) is 12.2. The van der Waals surface area contributed by atoms with Gasteiger partial charge < -0.3 is 10.4 Å². The van der Waals surface area contributed by atoms with Gasteiger partial charge in [0.15, 0.2) is 5.78 Å². The molecule has 0 amide bonds. The second kappa shape index (κ2) is 6.49. The van der Waals surface area contributed by atoms with Crippen LogP contribution in [0.5, 0.6) is 0 Å². The lowest BCUT2D eigenvalue weighted by Crippen LogP contribution is -2.14. The molecule has 112 valence electrons. The lowest BCUT2D eigenvalue weighted by molar-refractivity contribution is -0.385. The van der Waals surface area contributed by atoms with E-state index in [4.69, 9.17) is 5.11 Å². The van der Waals surface area contributed by atoms with Crippen molar-refractivity contribution in [2.75, 3.05) is 11.9 Å². The van der Waals surface area contributed by atoms with Gasteiger partial charge in [-0.05, 0) is 12.1 Å². The summed E-state index contributed by atoms with van der Waals surface area (Å²) in [5.74, 6) is -1.57. The third-order valence-corrected chi connectivity index (χ3v) is 2.97. The summed E-state index contributed by atoms with van der Waals surface area (Å²) < 4.78 is 0. The van der Waals surface area contributed by atoms with Crippen LogP contribution in [0.25, 0.3) is 0 Å². The summed E-state index contributed by atoms with van der Waals surface area (Å²) in [4.78, 5) is 33.0. The highest BCUT2D eigenvalue weighted by Crippen LogP contribution is 2.22. The number of nitrogens with one attached hydrogen (secondary N) is 1. The van der Waals surface area contributed by atoms with Gasteiger partial charge in [-0.1, -0.05) is 30.3 Å². The summed E-state index contributed by atoms with van der Waals surface area (Å²) in [7, 11) is 0. The highest BCUT2D eigenvalue weighted by atomic mass is 16.6. The van der Waals surface area contributed by atoms with Gasteiger partial charge in [-0.3, -0.25) is 14.9 Å². The van der Waals surface area contributed by atoms with Gasteiger partial charge in [0.1, 0.15) is 5.56 Å². The Bertz CT molecular complexity index is 728. The van der Waals surface area contributed by atoms with Gasteiger partial charge in [-0.25, -0.2) is 4.79 Å². The van der Waals surface area contributed by atoms with Gasteiger partial charge in [0.2, 0.25) is 0 Å². The van der Waals surface area contributed by atoms with Gasteiger partial charge in [0.25, 0.3) is 5.69 Å². The van der Waals surface area contributed by atoms with Gasteiger partial charge in [-0.2, -0.15) is 0 Å². The van der Waals surface area contributed by atoms with E-state index in [0.29, 0.717) is 11.3 Å². The molecule has 0 saturated carbocycles. The van der Waals surface area contributed by atoms with Crippen molar-refractivity contribution in [2.24, 2.45) is 0 Å². The maximum Gasteiger partial charge on any atom is 0.342 e. The minimum Gasteiger partial charge on any atom is -0.477 e. The van der Waals surface area contributed by atoms with Crippen LogP contribution in [0.2, 0.25) is 0 Å². The second-order valence-electron chi connectivity index (χ2n) is 4.44. The number of carboxylic acids is 1. The number of hydrogen-bond acceptors (Lipinski definition) is 5. The molecule has 2 aromatic carbocycles. The molecule has 0 bridgehead atoms. The molecule has 0 saturated heterocycles. The summed E-state index contributed by atoms with van der Waals surface area (Å²) in [5.41, 5.74) is -0.0720. The molecule has 22 heavy (non-hydrogen) atoms. The normalized spacial score (nSPS) is 10.0. The monoisotopic (exact) mass is 300 g/mol. The van der Waals surface area contributed by atoms with E-state index >= 15 is 0 Å². The second-order valence-corrected chi connectivity index (χ2v) is 4.44. The first-order valence-electron chi connectivity index (χ1n) is 6.33. The first-order chi connectivity index (χ1) is 10.5. The SMILES string of the molecule is O=C(CNc1ccc([N+](=O)[O-])c(C(=O)O)c1)c1ccccc1. The molecule has 0 aliphatic rings. The summed E-state index contributed by atoms with van der Waals surface area (Å²) in [5, 5.41) is 22.5. The fourth-order valence-corrected chi connectivity index (χ4v) is 1.88. The number of ketones is 1. The van der Waals surface area contributed by atoms with Gasteiger partial charge in [-0.15, -0.1) is 0 Å². The number of nitro groups is 1. The maximum atomic E-state index is 11.9. The van der Waals surface area contributed by atoms with E-state index in [-0.39, 0.29) is 12.3 Å². The van der Waals surface area contributed by atoms with Crippen LogP contribution in [-0.2, 0) is 0 Å². The van der Waals surface area contributed by atoms with E-state index in [2.05, 4.69) is 5.32 Å². The predicted octanol–water partition coefficient (Wildman–Crippen LogP) is 2.59. The van der Waals surface area contributed by atoms with Crippen molar-refractivity contribution in [3.8, 4) is 0 Å². The molecular weight excluding hydrogens is 288 g/mol. The highest BCUT2D eigenvalue weighted by Gasteiger charge is 2.20. The Morgan fingerprint density at radius 3 is 2.41 bits per heavy atom. The first-order valence-corrected chi connectivity index (χ1v) is 6.33. The quantitative estimate of drug-likeness (QED) is 0.482. The van der Waals surface area contributed by atoms with E-state index < -0.39 is 22.1 Å². The Kier molecular flexibility index (Phi) is 4.47. The fourth-order valence-electron chi connectivity index (χ4n) is 1.88. The van der Waals surface area contributed by atoms with Crippen LogP contribution in [0.15, 0.2) is 48.5 Å². The molecule has 0 aliphatic heterocycles. The molecule has 0 spiro atoms. The highest BCUT2D eigenvalue weighted by molar-refractivity contribution is 5.99. The average molecular weight is 300 g/mol. The number of nitro benzene ring substituents is 1. The topological polar surface area (TPSA) is 110 Å². The number of carbonyl (C=O) groups excluding carboxylic acids is 1. The molecule has 2 N–H and O–H groups in total. The number of anilines is 1. The maximum absolute atomic E-state index is 11.9. The van der Waals surface area contributed by atoms with Crippen LogP contribution < -0.4 is 5.32 Å². The van der Waals surface area contributed by atoms with Gasteiger partial charge >= 0.3 is 5.97 Å². The molecule has 2 rings (SSSR count). The molecule has 0 atom stereocenters. The molecule has 2 aromatic rings. The third kappa shape index (κ3) is 3.45. The molecule has 0 heterocycles. The van der Waals surface area contributed by atoms with Crippen molar-refractivity contribution in [2.45, 2.75) is 0 Å². The van der Waals surface area contributed by atoms with E-state index in [1.807, 2.05) is 0 Å². The zero-order valence-electron chi connectivity index (χ0n) is 11.4. The molecule has 0 aliphatic carbocycles. The minimum atomic E-state index is -1.40. The first kappa shape index (κ1) is 15.2. The third-order valence-electron chi connectivity index (χ3n) is 2.97. The Morgan fingerprint density at radius 2 is 1.82 bits per heavy atom. The van der Waals surface area contributed by atoms with Crippen molar-refractivity contribution < 1.29 is 19.6 Å². The molecule has 7 heteroatoms. The standard InChI is InChI=1S/C15H12N2O5/c18-14(10-4-2-1-3-5-10)9-16-11-6-7-13(17(21)22)12(8-11)15(19)20/h1-8,16H,9H2,(H,19,20). The van der Waals surface area contributed by atoms with Crippen molar-refractivity contribution in [3.63, 3.8) is 0 Å². The van der Waals surface area contributed by atoms with Crippen molar-refractivity contribution in [3.05, 3.63) is 69.8 Å². The summed E-state index contributed by atoms with van der Waals surface area (Å²) in [6.45, 7) is -0.0408. The van der Waals surface area contributed by atoms with Crippen molar-refractivity contribution >= 4 is 23.1 Å². The number of nitrogens with zero attached hydrogens (tertiary/aromatic N) is 1.